The molecule has 0 spiro atoms. The Morgan fingerprint density at radius 1 is 1.17 bits per heavy atom. The lowest BCUT2D eigenvalue weighted by molar-refractivity contribution is -0.124. The molecule has 1 amide bonds. The van der Waals surface area contributed by atoms with Gasteiger partial charge in [0.15, 0.2) is 6.61 Å². The van der Waals surface area contributed by atoms with Crippen molar-refractivity contribution < 1.29 is 23.5 Å². The zero-order chi connectivity index (χ0) is 17.5. The third-order valence-electron chi connectivity index (χ3n) is 3.39. The fourth-order valence-corrected chi connectivity index (χ4v) is 2.08. The van der Waals surface area contributed by atoms with E-state index in [-0.39, 0.29) is 11.6 Å². The fourth-order valence-electron chi connectivity index (χ4n) is 2.08. The molecule has 0 aromatic heterocycles. The summed E-state index contributed by atoms with van der Waals surface area (Å²) in [5.41, 5.74) is 1.05. The van der Waals surface area contributed by atoms with Gasteiger partial charge in [0.25, 0.3) is 5.91 Å². The predicted molar refractivity (Wildman–Crippen MR) is 86.2 cm³/mol. The minimum Gasteiger partial charge on any atom is -0.497 e. The second-order valence-corrected chi connectivity index (χ2v) is 5.15. The van der Waals surface area contributed by atoms with Gasteiger partial charge in [-0.3, -0.25) is 4.79 Å². The maximum atomic E-state index is 12.8. The van der Waals surface area contributed by atoms with Crippen molar-refractivity contribution in [2.75, 3.05) is 13.7 Å². The first-order chi connectivity index (χ1) is 11.5. The molecule has 0 saturated heterocycles. The number of methoxy groups -OCH3 is 1. The van der Waals surface area contributed by atoms with E-state index >= 15 is 0 Å². The number of hydrogen-bond donors (Lipinski definition) is 1. The van der Waals surface area contributed by atoms with Gasteiger partial charge in [0.2, 0.25) is 0 Å². The molecule has 24 heavy (non-hydrogen) atoms. The van der Waals surface area contributed by atoms with Gasteiger partial charge in [-0.1, -0.05) is 12.1 Å². The van der Waals surface area contributed by atoms with Crippen molar-refractivity contribution >= 4 is 11.9 Å². The average molecular weight is 331 g/mol. The molecule has 2 aromatic carbocycles. The van der Waals surface area contributed by atoms with Crippen LogP contribution in [0, 0.1) is 5.82 Å². The number of nitrogens with one attached hydrogen (secondary N) is 1. The van der Waals surface area contributed by atoms with Gasteiger partial charge < -0.3 is 14.8 Å². The van der Waals surface area contributed by atoms with Crippen LogP contribution in [0.1, 0.15) is 28.9 Å². The highest BCUT2D eigenvalue weighted by molar-refractivity contribution is 5.91. The minimum atomic E-state index is -0.681. The van der Waals surface area contributed by atoms with Gasteiger partial charge in [-0.05, 0) is 48.9 Å². The fraction of sp³-hybridized carbons (Fsp3) is 0.222. The first-order valence-corrected chi connectivity index (χ1v) is 7.35. The Labute approximate surface area is 139 Å². The smallest absolute Gasteiger partial charge is 0.338 e. The second-order valence-electron chi connectivity index (χ2n) is 5.15. The van der Waals surface area contributed by atoms with Crippen LogP contribution in [0.2, 0.25) is 0 Å². The maximum absolute atomic E-state index is 12.8. The molecule has 0 radical (unpaired) electrons. The van der Waals surface area contributed by atoms with Gasteiger partial charge in [0, 0.05) is 0 Å². The minimum absolute atomic E-state index is 0.185. The topological polar surface area (TPSA) is 64.6 Å². The molecule has 0 unspecified atom stereocenters. The van der Waals surface area contributed by atoms with E-state index < -0.39 is 24.3 Å². The highest BCUT2D eigenvalue weighted by Crippen LogP contribution is 2.18. The molecule has 2 aromatic rings. The molecule has 0 fully saturated rings. The van der Waals surface area contributed by atoms with Gasteiger partial charge in [-0.2, -0.15) is 0 Å². The molecule has 2 rings (SSSR count). The van der Waals surface area contributed by atoms with Crippen LogP contribution in [0.4, 0.5) is 4.39 Å². The van der Waals surface area contributed by atoms with E-state index in [0.29, 0.717) is 5.75 Å². The summed E-state index contributed by atoms with van der Waals surface area (Å²) in [6.07, 6.45) is 0. The lowest BCUT2D eigenvalue weighted by atomic mass is 10.1. The van der Waals surface area contributed by atoms with E-state index in [0.717, 1.165) is 17.7 Å². The van der Waals surface area contributed by atoms with Crippen LogP contribution < -0.4 is 10.1 Å². The second kappa shape index (κ2) is 8.10. The quantitative estimate of drug-likeness (QED) is 0.827. The number of halogens is 1. The maximum Gasteiger partial charge on any atom is 0.338 e. The zero-order valence-corrected chi connectivity index (χ0v) is 13.4. The summed E-state index contributed by atoms with van der Waals surface area (Å²) in [5, 5.41) is 2.73. The number of rotatable bonds is 6. The van der Waals surface area contributed by atoms with Gasteiger partial charge in [0.1, 0.15) is 11.6 Å². The number of hydrogen-bond acceptors (Lipinski definition) is 4. The van der Waals surface area contributed by atoms with Crippen LogP contribution in [0.25, 0.3) is 0 Å². The van der Waals surface area contributed by atoms with Crippen molar-refractivity contribution in [3.8, 4) is 5.75 Å². The zero-order valence-electron chi connectivity index (χ0n) is 13.4. The number of carbonyl (C=O) groups excluding carboxylic acids is 2. The Bertz CT molecular complexity index is 715. The van der Waals surface area contributed by atoms with E-state index in [1.165, 1.54) is 12.1 Å². The van der Waals surface area contributed by atoms with E-state index in [9.17, 15) is 14.0 Å². The number of benzene rings is 2. The van der Waals surface area contributed by atoms with Crippen molar-refractivity contribution in [3.05, 3.63) is 65.5 Å². The van der Waals surface area contributed by atoms with Crippen LogP contribution in [0.3, 0.4) is 0 Å². The van der Waals surface area contributed by atoms with E-state index in [1.807, 2.05) is 31.2 Å². The molecular weight excluding hydrogens is 313 g/mol. The molecular formula is C18H18FNO4. The van der Waals surface area contributed by atoms with Crippen LogP contribution in [-0.4, -0.2) is 25.6 Å². The predicted octanol–water partition coefficient (Wildman–Crippen LogP) is 2.87. The van der Waals surface area contributed by atoms with Gasteiger partial charge in [-0.15, -0.1) is 0 Å². The molecule has 1 atom stereocenters. The van der Waals surface area contributed by atoms with Crippen molar-refractivity contribution in [1.82, 2.24) is 5.32 Å². The Balaban J connectivity index is 1.86. The largest absolute Gasteiger partial charge is 0.497 e. The van der Waals surface area contributed by atoms with E-state index in [4.69, 9.17) is 9.47 Å². The van der Waals surface area contributed by atoms with Crippen molar-refractivity contribution in [2.45, 2.75) is 13.0 Å². The first kappa shape index (κ1) is 17.5. The van der Waals surface area contributed by atoms with E-state index in [1.54, 1.807) is 7.11 Å². The number of amides is 1. The first-order valence-electron chi connectivity index (χ1n) is 7.35. The Morgan fingerprint density at radius 3 is 2.54 bits per heavy atom. The molecule has 0 aliphatic rings. The highest BCUT2D eigenvalue weighted by atomic mass is 19.1. The van der Waals surface area contributed by atoms with Crippen LogP contribution in [0.5, 0.6) is 5.75 Å². The molecule has 0 aliphatic heterocycles. The Morgan fingerprint density at radius 2 is 1.88 bits per heavy atom. The summed E-state index contributed by atoms with van der Waals surface area (Å²) >= 11 is 0. The summed E-state index contributed by atoms with van der Waals surface area (Å²) in [5.74, 6) is -0.868. The van der Waals surface area contributed by atoms with Crippen molar-refractivity contribution in [2.24, 2.45) is 0 Å². The number of esters is 1. The summed E-state index contributed by atoms with van der Waals surface area (Å²) in [6.45, 7) is 1.40. The van der Waals surface area contributed by atoms with Crippen molar-refractivity contribution in [1.29, 1.82) is 0 Å². The van der Waals surface area contributed by atoms with Gasteiger partial charge in [-0.25, -0.2) is 9.18 Å². The molecule has 6 heteroatoms. The lowest BCUT2D eigenvalue weighted by Gasteiger charge is -2.15. The van der Waals surface area contributed by atoms with E-state index in [2.05, 4.69) is 5.32 Å². The normalized spacial score (nSPS) is 11.5. The third-order valence-corrected chi connectivity index (χ3v) is 3.39. The highest BCUT2D eigenvalue weighted by Gasteiger charge is 2.13. The van der Waals surface area contributed by atoms with Crippen LogP contribution in [-0.2, 0) is 9.53 Å². The summed E-state index contributed by atoms with van der Waals surface area (Å²) in [6, 6.07) is 11.9. The number of carbonyl (C=O) groups is 2. The van der Waals surface area contributed by atoms with Gasteiger partial charge in [0.05, 0.1) is 18.7 Å². The summed E-state index contributed by atoms with van der Waals surface area (Å²) in [7, 11) is 1.57. The van der Waals surface area contributed by atoms with Crippen LogP contribution >= 0.6 is 0 Å². The molecule has 126 valence electrons. The Hall–Kier alpha value is -2.89. The third kappa shape index (κ3) is 4.81. The lowest BCUT2D eigenvalue weighted by Crippen LogP contribution is -2.31. The number of ether oxygens (including phenoxy) is 2. The monoisotopic (exact) mass is 331 g/mol. The molecule has 0 saturated carbocycles. The molecule has 5 nitrogen and oxygen atoms in total. The summed E-state index contributed by atoms with van der Waals surface area (Å²) < 4.78 is 22.8. The standard InChI is InChI=1S/C18H18FNO4/c1-12(14-4-3-5-16(10-14)23-2)20-17(21)11-24-18(22)13-6-8-15(19)9-7-13/h3-10,12H,11H2,1-2H3,(H,20,21)/t12-/m1/s1. The van der Waals surface area contributed by atoms with Gasteiger partial charge >= 0.3 is 5.97 Å². The molecule has 1 N–H and O–H groups in total. The Kier molecular flexibility index (Phi) is 5.89. The molecule has 0 bridgehead atoms. The average Bonchev–Trinajstić information content (AvgIpc) is 2.60. The van der Waals surface area contributed by atoms with Crippen molar-refractivity contribution in [3.63, 3.8) is 0 Å². The molecule has 0 heterocycles. The van der Waals surface area contributed by atoms with Crippen LogP contribution in [0.15, 0.2) is 48.5 Å². The SMILES string of the molecule is COc1cccc([C@@H](C)NC(=O)COC(=O)c2ccc(F)cc2)c1. The summed E-state index contributed by atoms with van der Waals surface area (Å²) in [4.78, 5) is 23.7. The molecule has 0 aliphatic carbocycles.